The van der Waals surface area contributed by atoms with Crippen LogP contribution in [0.1, 0.15) is 12.1 Å². The summed E-state index contributed by atoms with van der Waals surface area (Å²) in [5, 5.41) is 6.77. The van der Waals surface area contributed by atoms with Crippen LogP contribution in [0.5, 0.6) is 5.75 Å². The Labute approximate surface area is 134 Å². The number of para-hydroxylation sites is 2. The molecule has 0 saturated carbocycles. The second-order valence-corrected chi connectivity index (χ2v) is 5.35. The quantitative estimate of drug-likeness (QED) is 0.841. The van der Waals surface area contributed by atoms with Crippen LogP contribution in [0.4, 0.5) is 14.5 Å². The first kappa shape index (κ1) is 16.4. The van der Waals surface area contributed by atoms with E-state index in [1.165, 1.54) is 12.1 Å². The zero-order valence-electron chi connectivity index (χ0n) is 11.7. The van der Waals surface area contributed by atoms with Gasteiger partial charge in [0.25, 0.3) is 0 Å². The van der Waals surface area contributed by atoms with E-state index in [2.05, 4.69) is 31.1 Å². The van der Waals surface area contributed by atoms with E-state index in [9.17, 15) is 13.6 Å². The highest BCUT2D eigenvalue weighted by atomic mass is 79.9. The van der Waals surface area contributed by atoms with E-state index in [0.717, 1.165) is 10.2 Å². The van der Waals surface area contributed by atoms with Gasteiger partial charge in [-0.2, -0.15) is 13.9 Å². The summed E-state index contributed by atoms with van der Waals surface area (Å²) in [7, 11) is 0. The van der Waals surface area contributed by atoms with E-state index in [4.69, 9.17) is 0 Å². The van der Waals surface area contributed by atoms with Crippen molar-refractivity contribution in [2.75, 3.05) is 5.32 Å². The number of hydrogen-bond donors (Lipinski definition) is 1. The van der Waals surface area contributed by atoms with Crippen molar-refractivity contribution in [1.82, 2.24) is 9.78 Å². The van der Waals surface area contributed by atoms with Crippen LogP contribution in [0.3, 0.4) is 0 Å². The third-order valence-corrected chi connectivity index (χ3v) is 3.61. The molecule has 0 spiro atoms. The van der Waals surface area contributed by atoms with Gasteiger partial charge in [0.2, 0.25) is 5.91 Å². The number of nitrogens with one attached hydrogen (secondary N) is 1. The summed E-state index contributed by atoms with van der Waals surface area (Å²) in [6.45, 7) is -0.711. The topological polar surface area (TPSA) is 56.2 Å². The van der Waals surface area contributed by atoms with Gasteiger partial charge in [-0.15, -0.1) is 0 Å². The molecule has 0 aliphatic heterocycles. The Hall–Kier alpha value is -1.96. The highest BCUT2D eigenvalue weighted by Gasteiger charge is 2.12. The largest absolute Gasteiger partial charge is 0.433 e. The number of ether oxygens (including phenoxy) is 1. The standard InChI is InChI=1S/C14H14BrF2N3O2/c1-9-10(15)8-20(19-9)7-6-13(21)18-11-4-2-3-5-12(11)22-14(16)17/h2-5,8,14H,6-7H2,1H3,(H,18,21). The number of nitrogens with zero attached hydrogens (tertiary/aromatic N) is 2. The predicted molar refractivity (Wildman–Crippen MR) is 81.0 cm³/mol. The van der Waals surface area contributed by atoms with Gasteiger partial charge < -0.3 is 10.1 Å². The third-order valence-electron chi connectivity index (χ3n) is 2.83. The van der Waals surface area contributed by atoms with Crippen LogP contribution in [0.15, 0.2) is 34.9 Å². The number of anilines is 1. The van der Waals surface area contributed by atoms with Crippen molar-refractivity contribution >= 4 is 27.5 Å². The third kappa shape index (κ3) is 4.52. The van der Waals surface area contributed by atoms with Crippen LogP contribution < -0.4 is 10.1 Å². The normalized spacial score (nSPS) is 10.8. The number of carbonyl (C=O) groups is 1. The summed E-state index contributed by atoms with van der Waals surface area (Å²) in [6, 6.07) is 6.05. The highest BCUT2D eigenvalue weighted by molar-refractivity contribution is 9.10. The van der Waals surface area contributed by atoms with E-state index in [-0.39, 0.29) is 23.8 Å². The van der Waals surface area contributed by atoms with Crippen molar-refractivity contribution in [2.45, 2.75) is 26.5 Å². The maximum Gasteiger partial charge on any atom is 0.387 e. The van der Waals surface area contributed by atoms with Gasteiger partial charge in [-0.25, -0.2) is 0 Å². The summed E-state index contributed by atoms with van der Waals surface area (Å²) < 4.78 is 31.5. The number of rotatable bonds is 6. The van der Waals surface area contributed by atoms with E-state index in [1.54, 1.807) is 23.0 Å². The molecule has 8 heteroatoms. The van der Waals surface area contributed by atoms with Crippen molar-refractivity contribution in [3.8, 4) is 5.75 Å². The van der Waals surface area contributed by atoms with Gasteiger partial charge in [0.05, 0.1) is 15.9 Å². The second-order valence-electron chi connectivity index (χ2n) is 4.50. The van der Waals surface area contributed by atoms with Crippen molar-refractivity contribution in [3.63, 3.8) is 0 Å². The van der Waals surface area contributed by atoms with Crippen LogP contribution in [0, 0.1) is 6.92 Å². The molecule has 0 aliphatic rings. The molecule has 1 aromatic carbocycles. The molecule has 0 atom stereocenters. The Balaban J connectivity index is 1.94. The summed E-state index contributed by atoms with van der Waals surface area (Å²) in [4.78, 5) is 11.9. The van der Waals surface area contributed by atoms with Gasteiger partial charge in [-0.05, 0) is 35.0 Å². The zero-order chi connectivity index (χ0) is 16.1. The molecular weight excluding hydrogens is 360 g/mol. The molecular formula is C14H14BrF2N3O2. The zero-order valence-corrected chi connectivity index (χ0v) is 13.3. The van der Waals surface area contributed by atoms with E-state index < -0.39 is 6.61 Å². The van der Waals surface area contributed by atoms with Crippen LogP contribution in [-0.2, 0) is 11.3 Å². The highest BCUT2D eigenvalue weighted by Crippen LogP contribution is 2.25. The molecule has 0 fully saturated rings. The van der Waals surface area contributed by atoms with Gasteiger partial charge in [0.1, 0.15) is 5.75 Å². The minimum atomic E-state index is -2.94. The van der Waals surface area contributed by atoms with E-state index in [0.29, 0.717) is 6.54 Å². The van der Waals surface area contributed by atoms with Gasteiger partial charge in [-0.1, -0.05) is 12.1 Å². The number of halogens is 3. The number of carbonyl (C=O) groups excluding carboxylic acids is 1. The fraction of sp³-hybridized carbons (Fsp3) is 0.286. The molecule has 118 valence electrons. The number of aryl methyl sites for hydroxylation is 2. The molecule has 0 bridgehead atoms. The molecule has 0 saturated heterocycles. The maximum atomic E-state index is 12.3. The molecule has 0 aliphatic carbocycles. The first-order valence-corrected chi connectivity index (χ1v) is 7.28. The average molecular weight is 374 g/mol. The van der Waals surface area contributed by atoms with Crippen LogP contribution in [0.2, 0.25) is 0 Å². The SMILES string of the molecule is Cc1nn(CCC(=O)Nc2ccccc2OC(F)F)cc1Br. The molecule has 1 heterocycles. The Morgan fingerprint density at radius 3 is 2.82 bits per heavy atom. The fourth-order valence-corrected chi connectivity index (χ4v) is 2.12. The van der Waals surface area contributed by atoms with Crippen molar-refractivity contribution in [2.24, 2.45) is 0 Å². The Kier molecular flexibility index (Phi) is 5.48. The van der Waals surface area contributed by atoms with Gasteiger partial charge in [-0.3, -0.25) is 9.48 Å². The molecule has 1 amide bonds. The van der Waals surface area contributed by atoms with Gasteiger partial charge in [0.15, 0.2) is 0 Å². The smallest absolute Gasteiger partial charge is 0.387 e. The molecule has 1 N–H and O–H groups in total. The van der Waals surface area contributed by atoms with Gasteiger partial charge >= 0.3 is 6.61 Å². The number of aromatic nitrogens is 2. The first-order chi connectivity index (χ1) is 10.5. The predicted octanol–water partition coefficient (Wildman–Crippen LogP) is 3.58. The second kappa shape index (κ2) is 7.35. The molecule has 0 unspecified atom stereocenters. The number of alkyl halides is 2. The number of hydrogen-bond acceptors (Lipinski definition) is 3. The summed E-state index contributed by atoms with van der Waals surface area (Å²) in [6.07, 6.45) is 1.94. The maximum absolute atomic E-state index is 12.3. The Morgan fingerprint density at radius 1 is 1.45 bits per heavy atom. The lowest BCUT2D eigenvalue weighted by molar-refractivity contribution is -0.116. The summed E-state index contributed by atoms with van der Waals surface area (Å²) in [5.74, 6) is -0.377. The summed E-state index contributed by atoms with van der Waals surface area (Å²) >= 11 is 3.34. The average Bonchev–Trinajstić information content (AvgIpc) is 2.77. The molecule has 22 heavy (non-hydrogen) atoms. The van der Waals surface area contributed by atoms with E-state index >= 15 is 0 Å². The molecule has 2 aromatic rings. The van der Waals surface area contributed by atoms with Crippen molar-refractivity contribution in [1.29, 1.82) is 0 Å². The van der Waals surface area contributed by atoms with Gasteiger partial charge in [0, 0.05) is 19.2 Å². The molecule has 5 nitrogen and oxygen atoms in total. The Bertz CT molecular complexity index is 642. The van der Waals surface area contributed by atoms with Crippen molar-refractivity contribution < 1.29 is 18.3 Å². The summed E-state index contributed by atoms with van der Waals surface area (Å²) in [5.41, 5.74) is 1.04. The molecule has 1 aromatic heterocycles. The monoisotopic (exact) mass is 373 g/mol. The van der Waals surface area contributed by atoms with Crippen LogP contribution in [0.25, 0.3) is 0 Å². The minimum absolute atomic E-state index is 0.0662. The molecule has 0 radical (unpaired) electrons. The fourth-order valence-electron chi connectivity index (χ4n) is 1.81. The number of benzene rings is 1. The minimum Gasteiger partial charge on any atom is -0.433 e. The van der Waals surface area contributed by atoms with E-state index in [1.807, 2.05) is 6.92 Å². The lowest BCUT2D eigenvalue weighted by atomic mass is 10.3. The van der Waals surface area contributed by atoms with Crippen molar-refractivity contribution in [3.05, 3.63) is 40.6 Å². The van der Waals surface area contributed by atoms with Crippen LogP contribution >= 0.6 is 15.9 Å². The number of amides is 1. The molecule has 2 rings (SSSR count). The lowest BCUT2D eigenvalue weighted by Gasteiger charge is -2.11. The van der Waals surface area contributed by atoms with Crippen LogP contribution in [-0.4, -0.2) is 22.3 Å². The Morgan fingerprint density at radius 2 is 2.18 bits per heavy atom. The lowest BCUT2D eigenvalue weighted by Crippen LogP contribution is -2.16. The first-order valence-electron chi connectivity index (χ1n) is 6.49.